The SMILES string of the molecule is [CH2]CC(O)c1cccc(Oc2ccc(F)cc2)c1C1CC1. The summed E-state index contributed by atoms with van der Waals surface area (Å²) >= 11 is 0. The molecule has 1 aliphatic carbocycles. The molecule has 109 valence electrons. The number of halogens is 1. The fourth-order valence-electron chi connectivity index (χ4n) is 2.53. The van der Waals surface area contributed by atoms with E-state index in [1.807, 2.05) is 18.2 Å². The minimum Gasteiger partial charge on any atom is -0.457 e. The van der Waals surface area contributed by atoms with E-state index in [0.29, 0.717) is 18.1 Å². The van der Waals surface area contributed by atoms with Crippen LogP contribution in [-0.4, -0.2) is 5.11 Å². The second-order valence-corrected chi connectivity index (χ2v) is 5.39. The van der Waals surface area contributed by atoms with Crippen molar-refractivity contribution >= 4 is 0 Å². The van der Waals surface area contributed by atoms with Gasteiger partial charge in [-0.1, -0.05) is 19.1 Å². The maximum Gasteiger partial charge on any atom is 0.131 e. The summed E-state index contributed by atoms with van der Waals surface area (Å²) in [6.45, 7) is 3.77. The number of benzene rings is 2. The van der Waals surface area contributed by atoms with Crippen LogP contribution in [0.3, 0.4) is 0 Å². The average molecular weight is 285 g/mol. The molecule has 1 radical (unpaired) electrons. The van der Waals surface area contributed by atoms with Gasteiger partial charge in [0.2, 0.25) is 0 Å². The molecule has 0 saturated heterocycles. The van der Waals surface area contributed by atoms with Crippen molar-refractivity contribution in [3.63, 3.8) is 0 Å². The predicted octanol–water partition coefficient (Wildman–Crippen LogP) is 4.75. The van der Waals surface area contributed by atoms with Gasteiger partial charge in [-0.25, -0.2) is 4.39 Å². The van der Waals surface area contributed by atoms with Crippen LogP contribution in [-0.2, 0) is 0 Å². The van der Waals surface area contributed by atoms with Gasteiger partial charge in [-0.3, -0.25) is 0 Å². The van der Waals surface area contributed by atoms with Crippen molar-refractivity contribution in [2.24, 2.45) is 0 Å². The Balaban J connectivity index is 1.95. The molecule has 2 aromatic carbocycles. The van der Waals surface area contributed by atoms with Crippen molar-refractivity contribution in [1.29, 1.82) is 0 Å². The van der Waals surface area contributed by atoms with Gasteiger partial charge in [0, 0.05) is 5.56 Å². The van der Waals surface area contributed by atoms with E-state index in [2.05, 4.69) is 6.92 Å². The third kappa shape index (κ3) is 3.08. The Morgan fingerprint density at radius 1 is 1.19 bits per heavy atom. The summed E-state index contributed by atoms with van der Waals surface area (Å²) in [5.41, 5.74) is 1.96. The monoisotopic (exact) mass is 285 g/mol. The Labute approximate surface area is 124 Å². The first-order valence-electron chi connectivity index (χ1n) is 7.22. The zero-order valence-corrected chi connectivity index (χ0v) is 11.8. The van der Waals surface area contributed by atoms with Gasteiger partial charge in [-0.2, -0.15) is 0 Å². The Morgan fingerprint density at radius 2 is 1.90 bits per heavy atom. The van der Waals surface area contributed by atoms with Crippen LogP contribution in [0.15, 0.2) is 42.5 Å². The summed E-state index contributed by atoms with van der Waals surface area (Å²) in [5, 5.41) is 10.1. The quantitative estimate of drug-likeness (QED) is 0.858. The lowest BCUT2D eigenvalue weighted by atomic mass is 9.96. The van der Waals surface area contributed by atoms with Gasteiger partial charge in [-0.15, -0.1) is 0 Å². The fourth-order valence-corrected chi connectivity index (χ4v) is 2.53. The number of ether oxygens (including phenoxy) is 1. The molecule has 0 spiro atoms. The van der Waals surface area contributed by atoms with Gasteiger partial charge in [-0.05, 0) is 61.1 Å². The molecule has 0 heterocycles. The maximum absolute atomic E-state index is 13.0. The number of rotatable bonds is 5. The molecule has 1 unspecified atom stereocenters. The summed E-state index contributed by atoms with van der Waals surface area (Å²) in [5.74, 6) is 1.50. The Hall–Kier alpha value is -1.87. The number of hydrogen-bond donors (Lipinski definition) is 1. The lowest BCUT2D eigenvalue weighted by Crippen LogP contribution is -2.02. The van der Waals surface area contributed by atoms with Crippen LogP contribution in [0.1, 0.15) is 42.4 Å². The lowest BCUT2D eigenvalue weighted by molar-refractivity contribution is 0.179. The van der Waals surface area contributed by atoms with Crippen LogP contribution in [0.25, 0.3) is 0 Å². The lowest BCUT2D eigenvalue weighted by Gasteiger charge is -2.18. The summed E-state index contributed by atoms with van der Waals surface area (Å²) in [4.78, 5) is 0. The van der Waals surface area contributed by atoms with E-state index >= 15 is 0 Å². The van der Waals surface area contributed by atoms with Crippen molar-refractivity contribution in [2.75, 3.05) is 0 Å². The largest absolute Gasteiger partial charge is 0.457 e. The van der Waals surface area contributed by atoms with Crippen molar-refractivity contribution < 1.29 is 14.2 Å². The van der Waals surface area contributed by atoms with E-state index in [9.17, 15) is 9.50 Å². The third-order valence-corrected chi connectivity index (χ3v) is 3.76. The first-order chi connectivity index (χ1) is 10.2. The highest BCUT2D eigenvalue weighted by atomic mass is 19.1. The van der Waals surface area contributed by atoms with E-state index in [4.69, 9.17) is 4.74 Å². The van der Waals surface area contributed by atoms with Gasteiger partial charge < -0.3 is 9.84 Å². The molecule has 0 aliphatic heterocycles. The molecule has 1 saturated carbocycles. The fraction of sp³-hybridized carbons (Fsp3) is 0.278. The van der Waals surface area contributed by atoms with Gasteiger partial charge in [0.25, 0.3) is 0 Å². The predicted molar refractivity (Wildman–Crippen MR) is 79.8 cm³/mol. The van der Waals surface area contributed by atoms with Gasteiger partial charge in [0.1, 0.15) is 17.3 Å². The van der Waals surface area contributed by atoms with E-state index < -0.39 is 6.10 Å². The van der Waals surface area contributed by atoms with E-state index in [1.54, 1.807) is 12.1 Å². The number of hydrogen-bond acceptors (Lipinski definition) is 2. The molecule has 21 heavy (non-hydrogen) atoms. The van der Waals surface area contributed by atoms with E-state index in [-0.39, 0.29) is 5.82 Å². The molecule has 2 aromatic rings. The Bertz CT molecular complexity index is 618. The van der Waals surface area contributed by atoms with Crippen LogP contribution in [0.4, 0.5) is 4.39 Å². The van der Waals surface area contributed by atoms with Crippen LogP contribution in [0, 0.1) is 12.7 Å². The highest BCUT2D eigenvalue weighted by Crippen LogP contribution is 2.48. The maximum atomic E-state index is 13.0. The topological polar surface area (TPSA) is 29.5 Å². The molecule has 0 bridgehead atoms. The van der Waals surface area contributed by atoms with Crippen LogP contribution >= 0.6 is 0 Å². The molecule has 2 nitrogen and oxygen atoms in total. The Morgan fingerprint density at radius 3 is 2.52 bits per heavy atom. The zero-order valence-electron chi connectivity index (χ0n) is 11.8. The van der Waals surface area contributed by atoms with Crippen molar-refractivity contribution in [2.45, 2.75) is 31.3 Å². The minimum atomic E-state index is -0.572. The summed E-state index contributed by atoms with van der Waals surface area (Å²) in [6, 6.07) is 11.7. The molecule has 1 atom stereocenters. The average Bonchev–Trinajstić information content (AvgIpc) is 3.33. The highest BCUT2D eigenvalue weighted by molar-refractivity contribution is 5.48. The van der Waals surface area contributed by atoms with E-state index in [0.717, 1.165) is 29.7 Å². The van der Waals surface area contributed by atoms with Crippen molar-refractivity contribution in [3.8, 4) is 11.5 Å². The Kier molecular flexibility index (Phi) is 3.93. The van der Waals surface area contributed by atoms with Crippen molar-refractivity contribution in [1.82, 2.24) is 0 Å². The smallest absolute Gasteiger partial charge is 0.131 e. The summed E-state index contributed by atoms with van der Waals surface area (Å²) < 4.78 is 18.9. The normalized spacial score (nSPS) is 15.8. The number of aliphatic hydroxyl groups is 1. The van der Waals surface area contributed by atoms with Gasteiger partial charge in [0.15, 0.2) is 0 Å². The molecule has 0 amide bonds. The molecular weight excluding hydrogens is 267 g/mol. The highest BCUT2D eigenvalue weighted by Gasteiger charge is 2.31. The molecule has 1 N–H and O–H groups in total. The first-order valence-corrected chi connectivity index (χ1v) is 7.22. The molecule has 3 heteroatoms. The standard InChI is InChI=1S/C18H18FO2/c1-2-16(20)15-4-3-5-17(18(15)12-6-7-12)21-14-10-8-13(19)9-11-14/h3-5,8-12,16,20H,1-2,6-7H2. The number of aliphatic hydroxyl groups excluding tert-OH is 1. The third-order valence-electron chi connectivity index (χ3n) is 3.76. The van der Waals surface area contributed by atoms with E-state index in [1.165, 1.54) is 12.1 Å². The molecule has 0 aromatic heterocycles. The zero-order chi connectivity index (χ0) is 14.8. The summed E-state index contributed by atoms with van der Waals surface area (Å²) in [6.07, 6.45) is 2.08. The van der Waals surface area contributed by atoms with Gasteiger partial charge >= 0.3 is 0 Å². The van der Waals surface area contributed by atoms with Crippen LogP contribution in [0.5, 0.6) is 11.5 Å². The molecule has 3 rings (SSSR count). The summed E-state index contributed by atoms with van der Waals surface area (Å²) in [7, 11) is 0. The van der Waals surface area contributed by atoms with Crippen LogP contribution in [0.2, 0.25) is 0 Å². The molecule has 1 fully saturated rings. The van der Waals surface area contributed by atoms with Crippen LogP contribution < -0.4 is 4.74 Å². The minimum absolute atomic E-state index is 0.286. The second-order valence-electron chi connectivity index (χ2n) is 5.39. The first kappa shape index (κ1) is 14.1. The van der Waals surface area contributed by atoms with Crippen molar-refractivity contribution in [3.05, 3.63) is 66.3 Å². The molecule has 1 aliphatic rings. The van der Waals surface area contributed by atoms with Gasteiger partial charge in [0.05, 0.1) is 6.10 Å². The second kappa shape index (κ2) is 5.86. The molecular formula is C18H18FO2.